The molecule has 2 N–H and O–H groups in total. The summed E-state index contributed by atoms with van der Waals surface area (Å²) in [7, 11) is 0. The van der Waals surface area contributed by atoms with Crippen LogP contribution in [-0.2, 0) is 0 Å². The fourth-order valence-electron chi connectivity index (χ4n) is 1.29. The molecule has 0 unspecified atom stereocenters. The quantitative estimate of drug-likeness (QED) is 0.759. The number of halogens is 1. The number of nitrogens with one attached hydrogen (secondary N) is 1. The monoisotopic (exact) mass is 235 g/mol. The van der Waals surface area contributed by atoms with E-state index in [1.807, 2.05) is 13.8 Å². The summed E-state index contributed by atoms with van der Waals surface area (Å²) < 4.78 is 13.0. The molecule has 1 amide bonds. The van der Waals surface area contributed by atoms with Crippen LogP contribution in [0.5, 0.6) is 0 Å². The molecule has 90 valence electrons. The summed E-state index contributed by atoms with van der Waals surface area (Å²) in [5, 5.41) is 11.3. The van der Waals surface area contributed by atoms with Gasteiger partial charge >= 0.3 is 0 Å². The second kappa shape index (κ2) is 6.02. The average Bonchev–Trinajstić information content (AvgIpc) is 2.25. The first-order valence-corrected chi connectivity index (χ1v) is 5.24. The standard InChI is InChI=1S/C13H14FNO2/c1-9(2)15-13(17)12-6-5-11(14)8-10(12)4-3-7-16/h5-6,8-9,16H,7H2,1-2H3,(H,15,17). The predicted octanol–water partition coefficient (Wildman–Crippen LogP) is 1.31. The summed E-state index contributed by atoms with van der Waals surface area (Å²) in [5.41, 5.74) is 0.582. The third-order valence-corrected chi connectivity index (χ3v) is 1.95. The van der Waals surface area contributed by atoms with Gasteiger partial charge in [0.15, 0.2) is 0 Å². The second-order valence-electron chi connectivity index (χ2n) is 3.78. The van der Waals surface area contributed by atoms with E-state index in [2.05, 4.69) is 17.2 Å². The van der Waals surface area contributed by atoms with E-state index in [-0.39, 0.29) is 24.1 Å². The molecular formula is C13H14FNO2. The Morgan fingerprint density at radius 3 is 2.82 bits per heavy atom. The van der Waals surface area contributed by atoms with Gasteiger partial charge in [-0.25, -0.2) is 4.39 Å². The Morgan fingerprint density at radius 1 is 1.53 bits per heavy atom. The minimum atomic E-state index is -0.465. The van der Waals surface area contributed by atoms with Crippen LogP contribution in [0.15, 0.2) is 18.2 Å². The molecule has 3 nitrogen and oxygen atoms in total. The number of benzene rings is 1. The van der Waals surface area contributed by atoms with Gasteiger partial charge < -0.3 is 10.4 Å². The minimum absolute atomic E-state index is 0.00814. The van der Waals surface area contributed by atoms with E-state index in [1.165, 1.54) is 18.2 Å². The highest BCUT2D eigenvalue weighted by Gasteiger charge is 2.11. The van der Waals surface area contributed by atoms with Gasteiger partial charge in [0, 0.05) is 11.6 Å². The van der Waals surface area contributed by atoms with Crippen molar-refractivity contribution in [3.63, 3.8) is 0 Å². The van der Waals surface area contributed by atoms with Crippen LogP contribution in [0.2, 0.25) is 0 Å². The van der Waals surface area contributed by atoms with Crippen molar-refractivity contribution < 1.29 is 14.3 Å². The highest BCUT2D eigenvalue weighted by atomic mass is 19.1. The van der Waals surface area contributed by atoms with E-state index in [4.69, 9.17) is 5.11 Å². The summed E-state index contributed by atoms with van der Waals surface area (Å²) in [6.45, 7) is 3.34. The zero-order valence-corrected chi connectivity index (χ0v) is 9.75. The van der Waals surface area contributed by atoms with Crippen LogP contribution in [0.25, 0.3) is 0 Å². The number of amides is 1. The molecule has 0 aliphatic rings. The molecule has 0 saturated carbocycles. The van der Waals surface area contributed by atoms with Crippen molar-refractivity contribution in [2.45, 2.75) is 19.9 Å². The molecule has 0 aromatic heterocycles. The van der Waals surface area contributed by atoms with Crippen molar-refractivity contribution in [2.24, 2.45) is 0 Å². The first-order chi connectivity index (χ1) is 8.04. The highest BCUT2D eigenvalue weighted by Crippen LogP contribution is 2.10. The van der Waals surface area contributed by atoms with Crippen LogP contribution in [-0.4, -0.2) is 23.7 Å². The molecule has 0 atom stereocenters. The lowest BCUT2D eigenvalue weighted by atomic mass is 10.1. The summed E-state index contributed by atoms with van der Waals surface area (Å²) in [5.74, 6) is 4.19. The Morgan fingerprint density at radius 2 is 2.24 bits per heavy atom. The molecule has 0 spiro atoms. The summed E-state index contributed by atoms with van der Waals surface area (Å²) in [6, 6.07) is 3.76. The maximum absolute atomic E-state index is 13.0. The first-order valence-electron chi connectivity index (χ1n) is 5.24. The lowest BCUT2D eigenvalue weighted by Gasteiger charge is -2.09. The van der Waals surface area contributed by atoms with E-state index in [9.17, 15) is 9.18 Å². The predicted molar refractivity (Wildman–Crippen MR) is 63.0 cm³/mol. The highest BCUT2D eigenvalue weighted by molar-refractivity contribution is 5.96. The third-order valence-electron chi connectivity index (χ3n) is 1.95. The fourth-order valence-corrected chi connectivity index (χ4v) is 1.29. The Labute approximate surface area is 99.7 Å². The van der Waals surface area contributed by atoms with Gasteiger partial charge in [-0.3, -0.25) is 4.79 Å². The number of carbonyl (C=O) groups excluding carboxylic acids is 1. The smallest absolute Gasteiger partial charge is 0.252 e. The molecule has 0 fully saturated rings. The Kier molecular flexibility index (Phi) is 4.68. The van der Waals surface area contributed by atoms with Gasteiger partial charge in [-0.1, -0.05) is 11.8 Å². The molecule has 0 aliphatic carbocycles. The topological polar surface area (TPSA) is 49.3 Å². The van der Waals surface area contributed by atoms with Gasteiger partial charge in [-0.05, 0) is 32.0 Å². The Balaban J connectivity index is 3.09. The molecule has 0 bridgehead atoms. The van der Waals surface area contributed by atoms with Crippen molar-refractivity contribution >= 4 is 5.91 Å². The van der Waals surface area contributed by atoms with Gasteiger partial charge in [0.25, 0.3) is 5.91 Å². The zero-order chi connectivity index (χ0) is 12.8. The molecule has 4 heteroatoms. The van der Waals surface area contributed by atoms with Crippen LogP contribution < -0.4 is 5.32 Å². The summed E-state index contributed by atoms with van der Waals surface area (Å²) in [4.78, 5) is 11.8. The van der Waals surface area contributed by atoms with E-state index in [0.29, 0.717) is 5.56 Å². The van der Waals surface area contributed by atoms with Crippen molar-refractivity contribution in [1.29, 1.82) is 0 Å². The lowest BCUT2D eigenvalue weighted by molar-refractivity contribution is 0.0943. The third kappa shape index (κ3) is 3.89. The molecule has 0 saturated heterocycles. The van der Waals surface area contributed by atoms with Crippen molar-refractivity contribution in [3.8, 4) is 11.8 Å². The van der Waals surface area contributed by atoms with E-state index in [0.717, 1.165) is 0 Å². The van der Waals surface area contributed by atoms with Crippen LogP contribution in [0.3, 0.4) is 0 Å². The number of rotatable bonds is 2. The second-order valence-corrected chi connectivity index (χ2v) is 3.78. The zero-order valence-electron chi connectivity index (χ0n) is 9.75. The van der Waals surface area contributed by atoms with Gasteiger partial charge in [-0.15, -0.1) is 0 Å². The van der Waals surface area contributed by atoms with E-state index < -0.39 is 5.82 Å². The van der Waals surface area contributed by atoms with Crippen molar-refractivity contribution in [3.05, 3.63) is 35.1 Å². The SMILES string of the molecule is CC(C)NC(=O)c1ccc(F)cc1C#CCO. The molecule has 1 aromatic rings. The van der Waals surface area contributed by atoms with Gasteiger partial charge in [0.2, 0.25) is 0 Å². The molecule has 17 heavy (non-hydrogen) atoms. The normalized spacial score (nSPS) is 9.71. The van der Waals surface area contributed by atoms with Crippen molar-refractivity contribution in [1.82, 2.24) is 5.32 Å². The first kappa shape index (κ1) is 13.2. The van der Waals surface area contributed by atoms with Gasteiger partial charge in [0.1, 0.15) is 12.4 Å². The molecule has 1 rings (SSSR count). The average molecular weight is 235 g/mol. The van der Waals surface area contributed by atoms with Gasteiger partial charge in [-0.2, -0.15) is 0 Å². The van der Waals surface area contributed by atoms with Crippen LogP contribution >= 0.6 is 0 Å². The van der Waals surface area contributed by atoms with E-state index in [1.54, 1.807) is 0 Å². The molecular weight excluding hydrogens is 221 g/mol. The van der Waals surface area contributed by atoms with Gasteiger partial charge in [0.05, 0.1) is 5.56 Å². The number of hydrogen-bond donors (Lipinski definition) is 2. The minimum Gasteiger partial charge on any atom is -0.384 e. The molecule has 1 aromatic carbocycles. The largest absolute Gasteiger partial charge is 0.384 e. The molecule has 0 aliphatic heterocycles. The van der Waals surface area contributed by atoms with Crippen LogP contribution in [0.4, 0.5) is 4.39 Å². The van der Waals surface area contributed by atoms with E-state index >= 15 is 0 Å². The Hall–Kier alpha value is -1.86. The Bertz CT molecular complexity index is 472. The molecule has 0 radical (unpaired) electrons. The number of hydrogen-bond acceptors (Lipinski definition) is 2. The fraction of sp³-hybridized carbons (Fsp3) is 0.308. The lowest BCUT2D eigenvalue weighted by Crippen LogP contribution is -2.30. The maximum Gasteiger partial charge on any atom is 0.252 e. The number of carbonyl (C=O) groups is 1. The summed E-state index contributed by atoms with van der Waals surface area (Å²) in [6.07, 6.45) is 0. The number of aliphatic hydroxyl groups excluding tert-OH is 1. The van der Waals surface area contributed by atoms with Crippen LogP contribution in [0, 0.1) is 17.7 Å². The summed E-state index contributed by atoms with van der Waals surface area (Å²) >= 11 is 0. The molecule has 0 heterocycles. The maximum atomic E-state index is 13.0. The van der Waals surface area contributed by atoms with Crippen LogP contribution in [0.1, 0.15) is 29.8 Å². The number of aliphatic hydroxyl groups is 1. The van der Waals surface area contributed by atoms with Crippen molar-refractivity contribution in [2.75, 3.05) is 6.61 Å².